The van der Waals surface area contributed by atoms with Crippen LogP contribution in [0.25, 0.3) is 0 Å². The Kier molecular flexibility index (Phi) is 8.53. The van der Waals surface area contributed by atoms with Crippen molar-refractivity contribution in [3.8, 4) is 5.75 Å². The molecule has 0 N–H and O–H groups in total. The van der Waals surface area contributed by atoms with Gasteiger partial charge in [-0.25, -0.2) is 5.01 Å². The second-order valence-corrected chi connectivity index (χ2v) is 8.49. The molecule has 10 nitrogen and oxygen atoms in total. The lowest BCUT2D eigenvalue weighted by Gasteiger charge is -2.28. The summed E-state index contributed by atoms with van der Waals surface area (Å²) < 4.78 is 10.4. The predicted octanol–water partition coefficient (Wildman–Crippen LogP) is 3.41. The predicted molar refractivity (Wildman–Crippen MR) is 130 cm³/mol. The molecule has 0 aromatic heterocycles. The van der Waals surface area contributed by atoms with Gasteiger partial charge in [-0.15, -0.1) is 0 Å². The maximum absolute atomic E-state index is 13.4. The number of non-ortho nitro benzene ring substituents is 1. The molecular weight excluding hydrogens is 452 g/mol. The highest BCUT2D eigenvalue weighted by atomic mass is 16.6. The molecule has 0 aliphatic carbocycles. The second kappa shape index (κ2) is 11.6. The number of nitro groups is 1. The third-order valence-corrected chi connectivity index (χ3v) is 5.77. The van der Waals surface area contributed by atoms with Gasteiger partial charge in [0.05, 0.1) is 30.4 Å². The first-order valence-corrected chi connectivity index (χ1v) is 11.3. The molecule has 1 aliphatic rings. The van der Waals surface area contributed by atoms with Crippen LogP contribution in [0.5, 0.6) is 5.75 Å². The normalized spacial score (nSPS) is 15.2. The molecule has 1 heterocycles. The standard InChI is InChI=1S/C25H30N4O6/c1-17(2)25(31)27(13-14-34-3)16-24(30)28-23(19-7-11-21(35-4)12-8-19)15-22(26-28)18-5-9-20(10-6-18)29(32)33/h5-12,17,23H,13-16H2,1-4H3/t23-/m1/s1. The van der Waals surface area contributed by atoms with Gasteiger partial charge in [-0.1, -0.05) is 26.0 Å². The van der Waals surface area contributed by atoms with Crippen molar-refractivity contribution in [2.75, 3.05) is 33.9 Å². The van der Waals surface area contributed by atoms with Crippen LogP contribution in [-0.2, 0) is 14.3 Å². The highest BCUT2D eigenvalue weighted by Crippen LogP contribution is 2.34. The smallest absolute Gasteiger partial charge is 0.269 e. The molecule has 0 radical (unpaired) electrons. The van der Waals surface area contributed by atoms with E-state index in [1.807, 2.05) is 24.3 Å². The van der Waals surface area contributed by atoms with Crippen molar-refractivity contribution in [2.24, 2.45) is 11.0 Å². The fourth-order valence-electron chi connectivity index (χ4n) is 3.85. The summed E-state index contributed by atoms with van der Waals surface area (Å²) in [6.07, 6.45) is 0.423. The summed E-state index contributed by atoms with van der Waals surface area (Å²) in [5.74, 6) is -0.0489. The lowest BCUT2D eigenvalue weighted by molar-refractivity contribution is -0.384. The molecule has 0 saturated carbocycles. The van der Waals surface area contributed by atoms with Crippen molar-refractivity contribution in [1.29, 1.82) is 0 Å². The summed E-state index contributed by atoms with van der Waals surface area (Å²) in [4.78, 5) is 38.2. The number of carbonyl (C=O) groups excluding carboxylic acids is 2. The Balaban J connectivity index is 1.91. The second-order valence-electron chi connectivity index (χ2n) is 8.49. The van der Waals surface area contributed by atoms with Crippen LogP contribution in [0.1, 0.15) is 37.4 Å². The summed E-state index contributed by atoms with van der Waals surface area (Å²) in [5, 5.41) is 17.0. The van der Waals surface area contributed by atoms with Gasteiger partial charge in [-0.05, 0) is 35.4 Å². The van der Waals surface area contributed by atoms with Crippen molar-refractivity contribution in [3.05, 3.63) is 69.8 Å². The molecule has 0 fully saturated rings. The Hall–Kier alpha value is -3.79. The van der Waals surface area contributed by atoms with Crippen LogP contribution >= 0.6 is 0 Å². The third-order valence-electron chi connectivity index (χ3n) is 5.77. The van der Waals surface area contributed by atoms with E-state index in [0.717, 1.165) is 5.56 Å². The lowest BCUT2D eigenvalue weighted by atomic mass is 9.98. The van der Waals surface area contributed by atoms with Crippen LogP contribution < -0.4 is 4.74 Å². The molecule has 2 aromatic rings. The zero-order valence-electron chi connectivity index (χ0n) is 20.3. The largest absolute Gasteiger partial charge is 0.497 e. The lowest BCUT2D eigenvalue weighted by Crippen LogP contribution is -2.44. The monoisotopic (exact) mass is 482 g/mol. The van der Waals surface area contributed by atoms with Gasteiger partial charge >= 0.3 is 0 Å². The number of hydrogen-bond donors (Lipinski definition) is 0. The van der Waals surface area contributed by atoms with Crippen LogP contribution in [0.3, 0.4) is 0 Å². The number of amides is 2. The topological polar surface area (TPSA) is 115 Å². The Morgan fingerprint density at radius 3 is 2.34 bits per heavy atom. The fraction of sp³-hybridized carbons (Fsp3) is 0.400. The molecular formula is C25H30N4O6. The van der Waals surface area contributed by atoms with Gasteiger partial charge in [-0.3, -0.25) is 19.7 Å². The first kappa shape index (κ1) is 25.8. The number of nitro benzene ring substituents is 1. The third kappa shape index (κ3) is 6.21. The van der Waals surface area contributed by atoms with E-state index in [1.165, 1.54) is 22.0 Å². The van der Waals surface area contributed by atoms with E-state index in [0.29, 0.717) is 36.6 Å². The van der Waals surface area contributed by atoms with E-state index in [2.05, 4.69) is 5.10 Å². The summed E-state index contributed by atoms with van der Waals surface area (Å²) in [7, 11) is 3.12. The van der Waals surface area contributed by atoms with Gasteiger partial charge in [0.15, 0.2) is 0 Å². The average Bonchev–Trinajstić information content (AvgIpc) is 3.31. The average molecular weight is 483 g/mol. The van der Waals surface area contributed by atoms with Gasteiger partial charge < -0.3 is 14.4 Å². The van der Waals surface area contributed by atoms with Gasteiger partial charge in [0.1, 0.15) is 12.3 Å². The number of methoxy groups -OCH3 is 2. The molecule has 10 heteroatoms. The number of hydrogen-bond acceptors (Lipinski definition) is 7. The van der Waals surface area contributed by atoms with Crippen LogP contribution in [0, 0.1) is 16.0 Å². The summed E-state index contributed by atoms with van der Waals surface area (Å²) in [6.45, 7) is 4.04. The Labute approximate surface area is 204 Å². The molecule has 2 aromatic carbocycles. The zero-order chi connectivity index (χ0) is 25.5. The molecule has 0 unspecified atom stereocenters. The Morgan fingerprint density at radius 2 is 1.80 bits per heavy atom. The summed E-state index contributed by atoms with van der Waals surface area (Å²) in [5.41, 5.74) is 2.16. The number of ether oxygens (including phenoxy) is 2. The van der Waals surface area contributed by atoms with Crippen molar-refractivity contribution in [3.63, 3.8) is 0 Å². The van der Waals surface area contributed by atoms with E-state index in [9.17, 15) is 19.7 Å². The van der Waals surface area contributed by atoms with Crippen molar-refractivity contribution < 1.29 is 24.0 Å². The molecule has 0 saturated heterocycles. The van der Waals surface area contributed by atoms with Crippen LogP contribution in [-0.4, -0.2) is 66.3 Å². The van der Waals surface area contributed by atoms with Crippen molar-refractivity contribution in [2.45, 2.75) is 26.3 Å². The molecule has 2 amide bonds. The van der Waals surface area contributed by atoms with Gasteiger partial charge in [-0.2, -0.15) is 5.10 Å². The van der Waals surface area contributed by atoms with E-state index in [4.69, 9.17) is 9.47 Å². The Bertz CT molecular complexity index is 1080. The van der Waals surface area contributed by atoms with E-state index >= 15 is 0 Å². The maximum Gasteiger partial charge on any atom is 0.269 e. The number of carbonyl (C=O) groups is 2. The van der Waals surface area contributed by atoms with Gasteiger partial charge in [0, 0.05) is 38.1 Å². The molecule has 0 bridgehead atoms. The number of nitrogens with zero attached hydrogens (tertiary/aromatic N) is 4. The minimum absolute atomic E-state index is 0.0204. The Morgan fingerprint density at radius 1 is 1.14 bits per heavy atom. The zero-order valence-corrected chi connectivity index (χ0v) is 20.3. The maximum atomic E-state index is 13.4. The van der Waals surface area contributed by atoms with Crippen LogP contribution in [0.4, 0.5) is 5.69 Å². The molecule has 1 atom stereocenters. The highest BCUT2D eigenvalue weighted by molar-refractivity contribution is 6.03. The SMILES string of the molecule is COCCN(CC(=O)N1N=C(c2ccc([N+](=O)[O-])cc2)C[C@@H]1c1ccc(OC)cc1)C(=O)C(C)C. The molecule has 0 spiro atoms. The van der Waals surface area contributed by atoms with E-state index in [-0.39, 0.29) is 30.0 Å². The number of hydrazone groups is 1. The molecule has 35 heavy (non-hydrogen) atoms. The number of benzene rings is 2. The number of rotatable bonds is 10. The summed E-state index contributed by atoms with van der Waals surface area (Å²) in [6, 6.07) is 13.1. The first-order valence-electron chi connectivity index (χ1n) is 11.3. The minimum atomic E-state index is -0.462. The molecule has 1 aliphatic heterocycles. The van der Waals surface area contributed by atoms with Crippen LogP contribution in [0.15, 0.2) is 53.6 Å². The fourth-order valence-corrected chi connectivity index (χ4v) is 3.85. The van der Waals surface area contributed by atoms with Gasteiger partial charge in [0.25, 0.3) is 11.6 Å². The molecule has 186 valence electrons. The van der Waals surface area contributed by atoms with Crippen molar-refractivity contribution >= 4 is 23.2 Å². The highest BCUT2D eigenvalue weighted by Gasteiger charge is 2.34. The van der Waals surface area contributed by atoms with Crippen LogP contribution in [0.2, 0.25) is 0 Å². The molecule has 3 rings (SSSR count). The quantitative estimate of drug-likeness (QED) is 0.379. The minimum Gasteiger partial charge on any atom is -0.497 e. The summed E-state index contributed by atoms with van der Waals surface area (Å²) >= 11 is 0. The van der Waals surface area contributed by atoms with Gasteiger partial charge in [0.2, 0.25) is 5.91 Å². The van der Waals surface area contributed by atoms with E-state index in [1.54, 1.807) is 40.2 Å². The van der Waals surface area contributed by atoms with E-state index < -0.39 is 11.0 Å². The van der Waals surface area contributed by atoms with Crippen molar-refractivity contribution in [1.82, 2.24) is 9.91 Å². The first-order chi connectivity index (χ1) is 16.7.